The molecule has 0 saturated heterocycles. The van der Waals surface area contributed by atoms with Crippen LogP contribution in [0.15, 0.2) is 54.6 Å². The fourth-order valence-electron chi connectivity index (χ4n) is 3.08. The van der Waals surface area contributed by atoms with Crippen molar-refractivity contribution in [1.29, 1.82) is 0 Å². The molecule has 0 atom stereocenters. The summed E-state index contributed by atoms with van der Waals surface area (Å²) in [6, 6.07) is 20.2. The van der Waals surface area contributed by atoms with Gasteiger partial charge in [-0.1, -0.05) is 44.4 Å². The molecule has 3 heteroatoms. The lowest BCUT2D eigenvalue weighted by Gasteiger charge is -1.96. The van der Waals surface area contributed by atoms with Crippen LogP contribution in [0.1, 0.15) is 37.5 Å². The fraction of sp³-hybridized carbons (Fsp3) is 0.273. The Morgan fingerprint density at radius 3 is 2.28 bits per heavy atom. The van der Waals surface area contributed by atoms with E-state index in [-0.39, 0.29) is 0 Å². The van der Waals surface area contributed by atoms with E-state index < -0.39 is 0 Å². The van der Waals surface area contributed by atoms with Gasteiger partial charge in [-0.2, -0.15) is 0 Å². The highest BCUT2D eigenvalue weighted by molar-refractivity contribution is 7.28. The molecule has 3 aromatic heterocycles. The molecule has 4 rings (SSSR count). The van der Waals surface area contributed by atoms with Gasteiger partial charge in [0.1, 0.15) is 0 Å². The summed E-state index contributed by atoms with van der Waals surface area (Å²) in [6.07, 6.45) is 6.59. The van der Waals surface area contributed by atoms with Crippen molar-refractivity contribution in [3.05, 3.63) is 59.5 Å². The van der Waals surface area contributed by atoms with E-state index in [1.807, 2.05) is 34.0 Å². The molecule has 3 heterocycles. The number of thiophene rings is 3. The molecule has 0 spiro atoms. The Labute approximate surface area is 161 Å². The number of benzene rings is 1. The third-order valence-electron chi connectivity index (χ3n) is 4.46. The number of aryl methyl sites for hydroxylation is 1. The van der Waals surface area contributed by atoms with Gasteiger partial charge < -0.3 is 0 Å². The average molecular weight is 383 g/mol. The first-order chi connectivity index (χ1) is 12.3. The molecule has 25 heavy (non-hydrogen) atoms. The van der Waals surface area contributed by atoms with Gasteiger partial charge in [0, 0.05) is 29.1 Å². The quantitative estimate of drug-likeness (QED) is 0.281. The second-order valence-electron chi connectivity index (χ2n) is 6.39. The van der Waals surface area contributed by atoms with Crippen LogP contribution in [-0.2, 0) is 6.42 Å². The van der Waals surface area contributed by atoms with Crippen LogP contribution in [0, 0.1) is 0 Å². The summed E-state index contributed by atoms with van der Waals surface area (Å²) >= 11 is 5.79. The highest BCUT2D eigenvalue weighted by Gasteiger charge is 2.10. The topological polar surface area (TPSA) is 0 Å². The number of hydrogen-bond donors (Lipinski definition) is 0. The molecule has 0 N–H and O–H groups in total. The van der Waals surface area contributed by atoms with Gasteiger partial charge in [-0.3, -0.25) is 0 Å². The molecule has 4 aromatic rings. The first-order valence-electron chi connectivity index (χ1n) is 9.01. The van der Waals surface area contributed by atoms with Crippen molar-refractivity contribution in [3.63, 3.8) is 0 Å². The molecule has 0 aliphatic carbocycles. The normalized spacial score (nSPS) is 11.4. The first-order valence-corrected chi connectivity index (χ1v) is 11.5. The maximum absolute atomic E-state index is 2.32. The van der Waals surface area contributed by atoms with Crippen molar-refractivity contribution in [2.45, 2.75) is 39.0 Å². The van der Waals surface area contributed by atoms with Crippen LogP contribution in [0.2, 0.25) is 0 Å². The van der Waals surface area contributed by atoms with Crippen LogP contribution in [0.4, 0.5) is 0 Å². The minimum absolute atomic E-state index is 1.24. The minimum Gasteiger partial charge on any atom is -0.139 e. The molecule has 0 nitrogen and oxygen atoms in total. The van der Waals surface area contributed by atoms with Crippen molar-refractivity contribution in [2.75, 3.05) is 0 Å². The number of hydrogen-bond acceptors (Lipinski definition) is 3. The van der Waals surface area contributed by atoms with Gasteiger partial charge in [0.25, 0.3) is 0 Å². The van der Waals surface area contributed by atoms with Gasteiger partial charge in [-0.05, 0) is 54.6 Å². The molecular formula is C22H22S3. The molecule has 0 aliphatic heterocycles. The Kier molecular flexibility index (Phi) is 5.35. The van der Waals surface area contributed by atoms with Gasteiger partial charge in [0.15, 0.2) is 0 Å². The Bertz CT molecular complexity index is 921. The number of fused-ring (bicyclic) bond motifs is 1. The van der Waals surface area contributed by atoms with Gasteiger partial charge >= 0.3 is 0 Å². The molecule has 0 fully saturated rings. The Morgan fingerprint density at radius 1 is 0.680 bits per heavy atom. The second-order valence-corrected chi connectivity index (χ2v) is 9.72. The average Bonchev–Trinajstić information content (AvgIpc) is 3.36. The maximum Gasteiger partial charge on any atom is 0.0455 e. The fourth-order valence-corrected chi connectivity index (χ4v) is 6.37. The zero-order valence-corrected chi connectivity index (χ0v) is 16.9. The van der Waals surface area contributed by atoms with Gasteiger partial charge in [0.2, 0.25) is 0 Å². The van der Waals surface area contributed by atoms with Gasteiger partial charge in [-0.15, -0.1) is 34.0 Å². The van der Waals surface area contributed by atoms with Crippen LogP contribution in [-0.4, -0.2) is 0 Å². The van der Waals surface area contributed by atoms with E-state index in [1.165, 1.54) is 66.6 Å². The van der Waals surface area contributed by atoms with Crippen LogP contribution in [0.25, 0.3) is 29.6 Å². The summed E-state index contributed by atoms with van der Waals surface area (Å²) < 4.78 is 1.37. The van der Waals surface area contributed by atoms with E-state index in [0.717, 1.165) is 0 Å². The Hall–Kier alpha value is -1.42. The smallest absolute Gasteiger partial charge is 0.0455 e. The van der Waals surface area contributed by atoms with Crippen molar-refractivity contribution in [3.8, 4) is 19.5 Å². The third kappa shape index (κ3) is 3.89. The van der Waals surface area contributed by atoms with Crippen molar-refractivity contribution in [2.24, 2.45) is 0 Å². The summed E-state index contributed by atoms with van der Waals surface area (Å²) in [7, 11) is 0. The SMILES string of the molecule is CCCCCCc1ccc(-c2ccc(-c3cc4ccccc4s3)s2)s1. The standard InChI is InChI=1S/C22H22S3/c1-2-3-4-5-9-17-11-12-19(23-17)20-13-14-21(25-20)22-15-16-8-6-7-10-18(16)24-22/h6-8,10-15H,2-5,9H2,1H3. The molecule has 0 amide bonds. The second kappa shape index (κ2) is 7.86. The summed E-state index contributed by atoms with van der Waals surface area (Å²) in [5.74, 6) is 0. The number of rotatable bonds is 7. The van der Waals surface area contributed by atoms with Crippen molar-refractivity contribution in [1.82, 2.24) is 0 Å². The van der Waals surface area contributed by atoms with Crippen LogP contribution >= 0.6 is 34.0 Å². The minimum atomic E-state index is 1.24. The highest BCUT2D eigenvalue weighted by Crippen LogP contribution is 2.41. The zero-order chi connectivity index (χ0) is 17.1. The van der Waals surface area contributed by atoms with E-state index >= 15 is 0 Å². The molecule has 0 unspecified atom stereocenters. The third-order valence-corrected chi connectivity index (χ3v) is 8.19. The predicted molar refractivity (Wildman–Crippen MR) is 116 cm³/mol. The van der Waals surface area contributed by atoms with Gasteiger partial charge in [-0.25, -0.2) is 0 Å². The lowest BCUT2D eigenvalue weighted by Crippen LogP contribution is -1.80. The molecule has 1 aromatic carbocycles. The summed E-state index contributed by atoms with van der Waals surface area (Å²) in [4.78, 5) is 7.12. The van der Waals surface area contributed by atoms with E-state index in [0.29, 0.717) is 0 Å². The zero-order valence-electron chi connectivity index (χ0n) is 14.5. The van der Waals surface area contributed by atoms with E-state index in [1.54, 1.807) is 0 Å². The highest BCUT2D eigenvalue weighted by atomic mass is 32.1. The van der Waals surface area contributed by atoms with Gasteiger partial charge in [0.05, 0.1) is 0 Å². The van der Waals surface area contributed by atoms with Crippen LogP contribution in [0.5, 0.6) is 0 Å². The van der Waals surface area contributed by atoms with E-state index in [9.17, 15) is 0 Å². The molecular weight excluding hydrogens is 360 g/mol. The molecule has 0 bridgehead atoms. The lowest BCUT2D eigenvalue weighted by molar-refractivity contribution is 0.670. The first kappa shape index (κ1) is 17.0. The summed E-state index contributed by atoms with van der Waals surface area (Å²) in [6.45, 7) is 2.27. The largest absolute Gasteiger partial charge is 0.139 e. The van der Waals surface area contributed by atoms with E-state index in [4.69, 9.17) is 0 Å². The molecule has 0 aliphatic rings. The molecule has 0 radical (unpaired) electrons. The Morgan fingerprint density at radius 2 is 1.44 bits per heavy atom. The molecule has 128 valence electrons. The lowest BCUT2D eigenvalue weighted by atomic mass is 10.1. The number of unbranched alkanes of at least 4 members (excludes halogenated alkanes) is 3. The monoisotopic (exact) mass is 382 g/mol. The summed E-state index contributed by atoms with van der Waals surface area (Å²) in [5.41, 5.74) is 0. The van der Waals surface area contributed by atoms with Crippen LogP contribution < -0.4 is 0 Å². The maximum atomic E-state index is 2.32. The summed E-state index contributed by atoms with van der Waals surface area (Å²) in [5, 5.41) is 1.35. The van der Waals surface area contributed by atoms with E-state index in [2.05, 4.69) is 61.5 Å². The van der Waals surface area contributed by atoms with Crippen molar-refractivity contribution < 1.29 is 0 Å². The van der Waals surface area contributed by atoms with Crippen molar-refractivity contribution >= 4 is 44.1 Å². The predicted octanol–water partition coefficient (Wildman–Crippen LogP) is 8.48. The molecule has 0 saturated carbocycles. The van der Waals surface area contributed by atoms with Crippen LogP contribution in [0.3, 0.4) is 0 Å². The Balaban J connectivity index is 1.50.